The van der Waals surface area contributed by atoms with Crippen LogP contribution in [0.25, 0.3) is 5.65 Å². The zero-order chi connectivity index (χ0) is 19.8. The highest BCUT2D eigenvalue weighted by atomic mass is 16.5. The Labute approximate surface area is 169 Å². The van der Waals surface area contributed by atoms with Crippen molar-refractivity contribution >= 4 is 17.2 Å². The van der Waals surface area contributed by atoms with Gasteiger partial charge in [0, 0.05) is 37.7 Å². The van der Waals surface area contributed by atoms with E-state index in [0.29, 0.717) is 6.54 Å². The van der Waals surface area contributed by atoms with Crippen molar-refractivity contribution in [2.75, 3.05) is 44.3 Å². The fourth-order valence-electron chi connectivity index (χ4n) is 4.21. The van der Waals surface area contributed by atoms with E-state index in [1.807, 2.05) is 52.9 Å². The molecule has 2 aliphatic rings. The van der Waals surface area contributed by atoms with Gasteiger partial charge in [-0.2, -0.15) is 5.10 Å². The average Bonchev–Trinajstić information content (AvgIpc) is 3.41. The van der Waals surface area contributed by atoms with E-state index in [1.54, 1.807) is 0 Å². The molecule has 5 rings (SSSR count). The van der Waals surface area contributed by atoms with E-state index in [2.05, 4.69) is 11.0 Å². The van der Waals surface area contributed by atoms with Gasteiger partial charge in [0.15, 0.2) is 11.5 Å². The van der Waals surface area contributed by atoms with Gasteiger partial charge in [0.2, 0.25) is 0 Å². The monoisotopic (exact) mass is 391 g/mol. The lowest BCUT2D eigenvalue weighted by molar-refractivity contribution is 0.0790. The van der Waals surface area contributed by atoms with Gasteiger partial charge in [0.05, 0.1) is 25.1 Å². The zero-order valence-electron chi connectivity index (χ0n) is 16.6. The summed E-state index contributed by atoms with van der Waals surface area (Å²) in [7, 11) is 0. The molecule has 0 spiro atoms. The van der Waals surface area contributed by atoms with Crippen LogP contribution in [-0.2, 0) is 4.74 Å². The number of amides is 1. The Morgan fingerprint density at radius 2 is 1.93 bits per heavy atom. The number of morpholine rings is 1. The predicted molar refractivity (Wildman–Crippen MR) is 110 cm³/mol. The molecule has 0 unspecified atom stereocenters. The van der Waals surface area contributed by atoms with Gasteiger partial charge < -0.3 is 14.5 Å². The van der Waals surface area contributed by atoms with Crippen molar-refractivity contribution < 1.29 is 9.53 Å². The number of carbonyl (C=O) groups excluding carboxylic acids is 1. The van der Waals surface area contributed by atoms with Gasteiger partial charge >= 0.3 is 0 Å². The van der Waals surface area contributed by atoms with Gasteiger partial charge in [0.1, 0.15) is 0 Å². The number of fused-ring (bicyclic) bond motifs is 1. The number of hydrogen-bond acceptors (Lipinski definition) is 5. The molecule has 0 N–H and O–H groups in total. The second kappa shape index (κ2) is 7.48. The number of carbonyl (C=O) groups is 1. The summed E-state index contributed by atoms with van der Waals surface area (Å²) in [6.07, 6.45) is 2.94. The maximum Gasteiger partial charge on any atom is 0.254 e. The number of aryl methyl sites for hydroxylation is 1. The number of hydrogen-bond donors (Lipinski definition) is 0. The molecule has 4 heterocycles. The second-order valence-electron chi connectivity index (χ2n) is 7.81. The molecule has 7 heteroatoms. The molecule has 7 nitrogen and oxygen atoms in total. The predicted octanol–water partition coefficient (Wildman–Crippen LogP) is 2.50. The topological polar surface area (TPSA) is 63.0 Å². The summed E-state index contributed by atoms with van der Waals surface area (Å²) in [5.74, 6) is 1.10. The number of benzene rings is 1. The summed E-state index contributed by atoms with van der Waals surface area (Å²) < 4.78 is 7.31. The highest BCUT2D eigenvalue weighted by Crippen LogP contribution is 2.27. The molecule has 29 heavy (non-hydrogen) atoms. The molecule has 2 aliphatic heterocycles. The van der Waals surface area contributed by atoms with Crippen molar-refractivity contribution in [2.24, 2.45) is 0 Å². The first-order chi connectivity index (χ1) is 14.2. The minimum absolute atomic E-state index is 0.101. The molecule has 2 saturated heterocycles. The summed E-state index contributed by atoms with van der Waals surface area (Å²) >= 11 is 0. The minimum atomic E-state index is 0.101. The van der Waals surface area contributed by atoms with E-state index in [0.717, 1.165) is 67.6 Å². The van der Waals surface area contributed by atoms with Crippen LogP contribution in [0.2, 0.25) is 0 Å². The van der Waals surface area contributed by atoms with Crippen molar-refractivity contribution in [3.05, 3.63) is 59.5 Å². The minimum Gasteiger partial charge on any atom is -0.378 e. The SMILES string of the molecule is Cc1ccccc1C(=O)N1CC[C@H](c2nc3ccc(N4CCOCC4)cn3n2)C1. The van der Waals surface area contributed by atoms with Crippen LogP contribution in [0.5, 0.6) is 0 Å². The molecule has 0 bridgehead atoms. The molecule has 2 fully saturated rings. The summed E-state index contributed by atoms with van der Waals surface area (Å²) in [5.41, 5.74) is 3.79. The van der Waals surface area contributed by atoms with Crippen molar-refractivity contribution in [3.63, 3.8) is 0 Å². The Kier molecular flexibility index (Phi) is 4.67. The van der Waals surface area contributed by atoms with Crippen molar-refractivity contribution in [1.29, 1.82) is 0 Å². The van der Waals surface area contributed by atoms with E-state index in [-0.39, 0.29) is 11.8 Å². The smallest absolute Gasteiger partial charge is 0.254 e. The third-order valence-electron chi connectivity index (χ3n) is 5.92. The van der Waals surface area contributed by atoms with Gasteiger partial charge in [-0.15, -0.1) is 0 Å². The number of likely N-dealkylation sites (tertiary alicyclic amines) is 1. The first-order valence-corrected chi connectivity index (χ1v) is 10.2. The molecule has 0 radical (unpaired) electrons. The van der Waals surface area contributed by atoms with E-state index >= 15 is 0 Å². The van der Waals surface area contributed by atoms with Crippen molar-refractivity contribution in [1.82, 2.24) is 19.5 Å². The molecule has 1 amide bonds. The normalized spacial score (nSPS) is 19.8. The summed E-state index contributed by atoms with van der Waals surface area (Å²) in [5, 5.41) is 4.74. The van der Waals surface area contributed by atoms with Crippen molar-refractivity contribution in [2.45, 2.75) is 19.3 Å². The number of anilines is 1. The summed E-state index contributed by atoms with van der Waals surface area (Å²) in [4.78, 5) is 21.9. The van der Waals surface area contributed by atoms with Gasteiger partial charge in [-0.1, -0.05) is 18.2 Å². The Morgan fingerprint density at radius 3 is 2.76 bits per heavy atom. The molecular formula is C22H25N5O2. The number of rotatable bonds is 3. The largest absolute Gasteiger partial charge is 0.378 e. The number of pyridine rings is 1. The lowest BCUT2D eigenvalue weighted by atomic mass is 10.1. The average molecular weight is 391 g/mol. The molecule has 1 aromatic carbocycles. The van der Waals surface area contributed by atoms with Gasteiger partial charge in [-0.05, 0) is 37.1 Å². The molecular weight excluding hydrogens is 366 g/mol. The van der Waals surface area contributed by atoms with Crippen molar-refractivity contribution in [3.8, 4) is 0 Å². The third kappa shape index (κ3) is 3.46. The number of nitrogens with zero attached hydrogens (tertiary/aromatic N) is 5. The van der Waals surface area contributed by atoms with Gasteiger partial charge in [-0.25, -0.2) is 9.50 Å². The van der Waals surface area contributed by atoms with Crippen LogP contribution in [0.15, 0.2) is 42.6 Å². The Morgan fingerprint density at radius 1 is 1.10 bits per heavy atom. The lowest BCUT2D eigenvalue weighted by Gasteiger charge is -2.28. The van der Waals surface area contributed by atoms with E-state index < -0.39 is 0 Å². The molecule has 150 valence electrons. The van der Waals surface area contributed by atoms with E-state index in [9.17, 15) is 4.79 Å². The van der Waals surface area contributed by atoms with E-state index in [4.69, 9.17) is 14.8 Å². The second-order valence-corrected chi connectivity index (χ2v) is 7.81. The Bertz CT molecular complexity index is 1040. The summed E-state index contributed by atoms with van der Waals surface area (Å²) in [6, 6.07) is 11.9. The van der Waals surface area contributed by atoms with Crippen LogP contribution < -0.4 is 4.90 Å². The van der Waals surface area contributed by atoms with Gasteiger partial charge in [0.25, 0.3) is 5.91 Å². The van der Waals surface area contributed by atoms with Crippen LogP contribution in [-0.4, -0.2) is 64.8 Å². The quantitative estimate of drug-likeness (QED) is 0.687. The number of aromatic nitrogens is 3. The van der Waals surface area contributed by atoms with Crippen LogP contribution in [0.4, 0.5) is 5.69 Å². The maximum atomic E-state index is 12.9. The van der Waals surface area contributed by atoms with Gasteiger partial charge in [-0.3, -0.25) is 4.79 Å². The maximum absolute atomic E-state index is 12.9. The van der Waals surface area contributed by atoms with E-state index in [1.165, 1.54) is 0 Å². The molecule has 2 aromatic heterocycles. The van der Waals surface area contributed by atoms with Crippen LogP contribution >= 0.6 is 0 Å². The standard InChI is InChI=1S/C22H25N5O2/c1-16-4-2-3-5-19(16)22(28)26-9-8-17(14-26)21-23-20-7-6-18(15-27(20)24-21)25-10-12-29-13-11-25/h2-7,15,17H,8-14H2,1H3/t17-/m0/s1. The first-order valence-electron chi connectivity index (χ1n) is 10.2. The lowest BCUT2D eigenvalue weighted by Crippen LogP contribution is -2.36. The van der Waals surface area contributed by atoms with Crippen LogP contribution in [0, 0.1) is 6.92 Å². The molecule has 3 aromatic rings. The molecule has 1 atom stereocenters. The summed E-state index contributed by atoms with van der Waals surface area (Å²) in [6.45, 7) is 6.70. The fraction of sp³-hybridized carbons (Fsp3) is 0.409. The number of ether oxygens (including phenoxy) is 1. The van der Waals surface area contributed by atoms with Crippen LogP contribution in [0.1, 0.15) is 34.1 Å². The third-order valence-corrected chi connectivity index (χ3v) is 5.92. The zero-order valence-corrected chi connectivity index (χ0v) is 16.6. The molecule has 0 saturated carbocycles. The highest BCUT2D eigenvalue weighted by molar-refractivity contribution is 5.95. The highest BCUT2D eigenvalue weighted by Gasteiger charge is 2.31. The fourth-order valence-corrected chi connectivity index (χ4v) is 4.21. The Hall–Kier alpha value is -2.93. The molecule has 0 aliphatic carbocycles. The van der Waals surface area contributed by atoms with Crippen LogP contribution in [0.3, 0.4) is 0 Å². The Balaban J connectivity index is 1.33. The first kappa shape index (κ1) is 18.1.